The van der Waals surface area contributed by atoms with Crippen molar-refractivity contribution in [2.75, 3.05) is 0 Å². The van der Waals surface area contributed by atoms with Crippen LogP contribution >= 0.6 is 0 Å². The fourth-order valence-electron chi connectivity index (χ4n) is 2.71. The van der Waals surface area contributed by atoms with Gasteiger partial charge in [-0.1, -0.05) is 26.7 Å². The third kappa shape index (κ3) is 2.79. The highest BCUT2D eigenvalue weighted by molar-refractivity contribution is 5.75. The molecule has 0 saturated carbocycles. The number of nitrogens with zero attached hydrogens (tertiary/aromatic N) is 4. The van der Waals surface area contributed by atoms with Gasteiger partial charge < -0.3 is 4.98 Å². The van der Waals surface area contributed by atoms with Gasteiger partial charge in [-0.2, -0.15) is 5.10 Å². The Bertz CT molecular complexity index is 932. The first-order chi connectivity index (χ1) is 11.7. The maximum Gasteiger partial charge on any atom is 0.332 e. The van der Waals surface area contributed by atoms with Crippen LogP contribution in [0, 0.1) is 0 Å². The minimum atomic E-state index is -0.307. The molecule has 0 aliphatic rings. The highest BCUT2D eigenvalue weighted by Gasteiger charge is 2.17. The first kappa shape index (κ1) is 16.2. The molecule has 128 valence electrons. The number of hydrogen-bond acceptors (Lipinski definition) is 4. The number of rotatable bonds is 7. The first-order valence-corrected chi connectivity index (χ1v) is 8.39. The standard InChI is InChI=1S/C16H22N6O2/c1-3-5-7-21-14-12(15(23)22(16(21)24)8-6-4-2)19-13(20-14)11-9-17-18-10-11/h9-10H,3-8H2,1-2H3,(H,17,18)(H,19,20). The van der Waals surface area contributed by atoms with Crippen molar-refractivity contribution in [3.63, 3.8) is 0 Å². The van der Waals surface area contributed by atoms with Gasteiger partial charge in [0.2, 0.25) is 0 Å². The van der Waals surface area contributed by atoms with Crippen LogP contribution in [0.4, 0.5) is 0 Å². The van der Waals surface area contributed by atoms with E-state index < -0.39 is 0 Å². The zero-order chi connectivity index (χ0) is 17.1. The monoisotopic (exact) mass is 330 g/mol. The van der Waals surface area contributed by atoms with Crippen molar-refractivity contribution in [3.05, 3.63) is 33.2 Å². The van der Waals surface area contributed by atoms with Crippen LogP contribution in [0.5, 0.6) is 0 Å². The predicted octanol–water partition coefficient (Wildman–Crippen LogP) is 1.88. The Morgan fingerprint density at radius 1 is 1.08 bits per heavy atom. The molecule has 3 aromatic rings. The Morgan fingerprint density at radius 3 is 2.42 bits per heavy atom. The van der Waals surface area contributed by atoms with Gasteiger partial charge in [0.05, 0.1) is 11.8 Å². The summed E-state index contributed by atoms with van der Waals surface area (Å²) in [4.78, 5) is 33.0. The molecule has 8 heteroatoms. The van der Waals surface area contributed by atoms with E-state index in [0.717, 1.165) is 31.2 Å². The SMILES string of the molecule is CCCCn1c(=O)c2[nH]c(-c3cn[nH]c3)nc2n(CCCC)c1=O. The van der Waals surface area contributed by atoms with Gasteiger partial charge in [0.1, 0.15) is 11.3 Å². The lowest BCUT2D eigenvalue weighted by Crippen LogP contribution is -2.40. The number of imidazole rings is 1. The highest BCUT2D eigenvalue weighted by Crippen LogP contribution is 2.16. The molecule has 0 unspecified atom stereocenters. The molecule has 0 atom stereocenters. The first-order valence-electron chi connectivity index (χ1n) is 8.39. The third-order valence-corrected chi connectivity index (χ3v) is 4.10. The molecule has 3 rings (SSSR count). The number of fused-ring (bicyclic) bond motifs is 1. The van der Waals surface area contributed by atoms with Crippen LogP contribution < -0.4 is 11.2 Å². The fraction of sp³-hybridized carbons (Fsp3) is 0.500. The van der Waals surface area contributed by atoms with Crippen molar-refractivity contribution in [1.29, 1.82) is 0 Å². The highest BCUT2D eigenvalue weighted by atomic mass is 16.2. The Morgan fingerprint density at radius 2 is 1.79 bits per heavy atom. The molecule has 0 saturated heterocycles. The molecule has 0 spiro atoms. The van der Waals surface area contributed by atoms with Crippen LogP contribution in [0.25, 0.3) is 22.6 Å². The molecule has 0 bridgehead atoms. The average Bonchev–Trinajstić information content (AvgIpc) is 3.24. The molecule has 0 aliphatic carbocycles. The van der Waals surface area contributed by atoms with E-state index >= 15 is 0 Å². The van der Waals surface area contributed by atoms with Gasteiger partial charge in [-0.05, 0) is 12.8 Å². The number of nitrogens with one attached hydrogen (secondary N) is 2. The Hall–Kier alpha value is -2.64. The molecule has 0 fully saturated rings. The average molecular weight is 330 g/mol. The lowest BCUT2D eigenvalue weighted by atomic mass is 10.3. The second-order valence-corrected chi connectivity index (χ2v) is 5.87. The normalized spacial score (nSPS) is 11.4. The minimum Gasteiger partial charge on any atom is -0.332 e. The summed E-state index contributed by atoms with van der Waals surface area (Å²) in [5.41, 5.74) is 0.957. The topological polar surface area (TPSA) is 101 Å². The number of aromatic nitrogens is 6. The molecule has 3 heterocycles. The quantitative estimate of drug-likeness (QED) is 0.690. The molecule has 8 nitrogen and oxygen atoms in total. The molecule has 0 amide bonds. The fourth-order valence-corrected chi connectivity index (χ4v) is 2.71. The van der Waals surface area contributed by atoms with E-state index in [4.69, 9.17) is 0 Å². The smallest absolute Gasteiger partial charge is 0.332 e. The molecule has 2 N–H and O–H groups in total. The van der Waals surface area contributed by atoms with Crippen LogP contribution in [0.15, 0.2) is 22.0 Å². The lowest BCUT2D eigenvalue weighted by molar-refractivity contribution is 0.530. The second kappa shape index (κ2) is 6.86. The summed E-state index contributed by atoms with van der Waals surface area (Å²) in [6.45, 7) is 5.08. The van der Waals surface area contributed by atoms with E-state index in [2.05, 4.69) is 27.1 Å². The van der Waals surface area contributed by atoms with E-state index in [1.807, 2.05) is 6.92 Å². The van der Waals surface area contributed by atoms with Gasteiger partial charge in [-0.25, -0.2) is 9.78 Å². The number of unbranched alkanes of at least 4 members (excludes halogenated alkanes) is 2. The molecule has 0 radical (unpaired) electrons. The molecular formula is C16H22N6O2. The van der Waals surface area contributed by atoms with E-state index in [1.165, 1.54) is 4.57 Å². The summed E-state index contributed by atoms with van der Waals surface area (Å²) < 4.78 is 2.93. The third-order valence-electron chi connectivity index (χ3n) is 4.10. The molecule has 3 aromatic heterocycles. The van der Waals surface area contributed by atoms with E-state index in [0.29, 0.717) is 30.1 Å². The van der Waals surface area contributed by atoms with E-state index in [9.17, 15) is 9.59 Å². The van der Waals surface area contributed by atoms with Gasteiger partial charge in [0.25, 0.3) is 5.56 Å². The number of aryl methyl sites for hydroxylation is 1. The maximum absolute atomic E-state index is 12.8. The van der Waals surface area contributed by atoms with Gasteiger partial charge in [-0.3, -0.25) is 19.0 Å². The summed E-state index contributed by atoms with van der Waals surface area (Å²) in [7, 11) is 0. The van der Waals surface area contributed by atoms with Crippen LogP contribution in [0.1, 0.15) is 39.5 Å². The zero-order valence-electron chi connectivity index (χ0n) is 14.0. The summed E-state index contributed by atoms with van der Waals surface area (Å²) in [5.74, 6) is 0.536. The summed E-state index contributed by atoms with van der Waals surface area (Å²) in [6.07, 6.45) is 6.85. The number of aromatic amines is 2. The Labute approximate surface area is 138 Å². The molecule has 24 heavy (non-hydrogen) atoms. The summed E-state index contributed by atoms with van der Waals surface area (Å²) >= 11 is 0. The number of H-pyrrole nitrogens is 2. The van der Waals surface area contributed by atoms with Gasteiger partial charge in [0, 0.05) is 19.3 Å². The van der Waals surface area contributed by atoms with Crippen molar-refractivity contribution in [3.8, 4) is 11.4 Å². The van der Waals surface area contributed by atoms with Crippen LogP contribution in [0.3, 0.4) is 0 Å². The number of hydrogen-bond donors (Lipinski definition) is 2. The molecular weight excluding hydrogens is 308 g/mol. The maximum atomic E-state index is 12.8. The van der Waals surface area contributed by atoms with Crippen molar-refractivity contribution in [1.82, 2.24) is 29.3 Å². The molecule has 0 aliphatic heterocycles. The summed E-state index contributed by atoms with van der Waals surface area (Å²) in [5, 5.41) is 6.63. The van der Waals surface area contributed by atoms with Crippen LogP contribution in [-0.4, -0.2) is 29.3 Å². The van der Waals surface area contributed by atoms with Crippen molar-refractivity contribution in [2.24, 2.45) is 0 Å². The van der Waals surface area contributed by atoms with Crippen LogP contribution in [0.2, 0.25) is 0 Å². The van der Waals surface area contributed by atoms with Gasteiger partial charge in [0.15, 0.2) is 5.65 Å². The van der Waals surface area contributed by atoms with E-state index in [-0.39, 0.29) is 11.2 Å². The van der Waals surface area contributed by atoms with Gasteiger partial charge in [-0.15, -0.1) is 0 Å². The van der Waals surface area contributed by atoms with Crippen molar-refractivity contribution in [2.45, 2.75) is 52.6 Å². The van der Waals surface area contributed by atoms with Crippen molar-refractivity contribution >= 4 is 11.2 Å². The van der Waals surface area contributed by atoms with Gasteiger partial charge >= 0.3 is 5.69 Å². The largest absolute Gasteiger partial charge is 0.332 e. The van der Waals surface area contributed by atoms with Crippen molar-refractivity contribution < 1.29 is 0 Å². The second-order valence-electron chi connectivity index (χ2n) is 5.87. The lowest BCUT2D eigenvalue weighted by Gasteiger charge is -2.10. The molecule has 0 aromatic carbocycles. The predicted molar refractivity (Wildman–Crippen MR) is 92.0 cm³/mol. The Balaban J connectivity index is 2.23. The zero-order valence-corrected chi connectivity index (χ0v) is 14.0. The van der Waals surface area contributed by atoms with E-state index in [1.54, 1.807) is 17.0 Å². The summed E-state index contributed by atoms with van der Waals surface area (Å²) in [6, 6.07) is 0. The van der Waals surface area contributed by atoms with Crippen LogP contribution in [-0.2, 0) is 13.1 Å². The minimum absolute atomic E-state index is 0.278. The Kier molecular flexibility index (Phi) is 4.64.